The zero-order chi connectivity index (χ0) is 15.2. The Labute approximate surface area is 126 Å². The lowest BCUT2D eigenvalue weighted by molar-refractivity contribution is 0.242. The number of rotatable bonds is 6. The van der Waals surface area contributed by atoms with Gasteiger partial charge in [-0.05, 0) is 50.6 Å². The van der Waals surface area contributed by atoms with Crippen LogP contribution >= 0.6 is 0 Å². The van der Waals surface area contributed by atoms with Crippen molar-refractivity contribution in [1.29, 1.82) is 0 Å². The van der Waals surface area contributed by atoms with Crippen LogP contribution in [0, 0.1) is 0 Å². The number of ether oxygens (including phenoxy) is 1. The molecule has 0 aliphatic carbocycles. The highest BCUT2D eigenvalue weighted by atomic mass is 16.5. The van der Waals surface area contributed by atoms with Gasteiger partial charge in [-0.15, -0.1) is 0 Å². The van der Waals surface area contributed by atoms with Crippen molar-refractivity contribution in [3.63, 3.8) is 0 Å². The molecule has 0 fully saturated rings. The molecule has 0 spiro atoms. The van der Waals surface area contributed by atoms with Gasteiger partial charge in [0.2, 0.25) is 0 Å². The summed E-state index contributed by atoms with van der Waals surface area (Å²) < 4.78 is 5.86. The van der Waals surface area contributed by atoms with E-state index in [1.807, 2.05) is 50.2 Å². The largest absolute Gasteiger partial charge is 0.487 e. The van der Waals surface area contributed by atoms with Gasteiger partial charge in [-0.3, -0.25) is 0 Å². The normalized spacial score (nSPS) is 10.7. The number of benzene rings is 1. The van der Waals surface area contributed by atoms with Crippen molar-refractivity contribution in [3.8, 4) is 5.75 Å². The lowest BCUT2D eigenvalue weighted by atomic mass is 10.2. The zero-order valence-electron chi connectivity index (χ0n) is 12.9. The van der Waals surface area contributed by atoms with Crippen LogP contribution in [-0.2, 0) is 6.54 Å². The first-order chi connectivity index (χ1) is 10.1. The SMILES string of the molecule is CCN(Cc1ccc(N)cc1)c1ncccc1OC(C)C. The molecule has 2 rings (SSSR count). The van der Waals surface area contributed by atoms with E-state index in [9.17, 15) is 0 Å². The highest BCUT2D eigenvalue weighted by molar-refractivity contribution is 5.52. The van der Waals surface area contributed by atoms with E-state index < -0.39 is 0 Å². The molecule has 0 unspecified atom stereocenters. The van der Waals surface area contributed by atoms with Crippen LogP contribution in [0.2, 0.25) is 0 Å². The molecule has 0 radical (unpaired) electrons. The highest BCUT2D eigenvalue weighted by Crippen LogP contribution is 2.27. The zero-order valence-corrected chi connectivity index (χ0v) is 12.9. The summed E-state index contributed by atoms with van der Waals surface area (Å²) in [6, 6.07) is 11.8. The lowest BCUT2D eigenvalue weighted by Crippen LogP contribution is -2.24. The number of hydrogen-bond donors (Lipinski definition) is 1. The quantitative estimate of drug-likeness (QED) is 0.826. The number of anilines is 2. The molecule has 1 aromatic heterocycles. The van der Waals surface area contributed by atoms with Gasteiger partial charge < -0.3 is 15.4 Å². The fourth-order valence-corrected chi connectivity index (χ4v) is 2.15. The monoisotopic (exact) mass is 285 g/mol. The van der Waals surface area contributed by atoms with Gasteiger partial charge in [0.1, 0.15) is 0 Å². The van der Waals surface area contributed by atoms with E-state index >= 15 is 0 Å². The molecule has 0 saturated heterocycles. The van der Waals surface area contributed by atoms with E-state index in [1.54, 1.807) is 6.20 Å². The lowest BCUT2D eigenvalue weighted by Gasteiger charge is -2.25. The minimum Gasteiger partial charge on any atom is -0.487 e. The number of nitrogens with zero attached hydrogens (tertiary/aromatic N) is 2. The maximum atomic E-state index is 5.86. The second kappa shape index (κ2) is 6.97. The molecule has 4 nitrogen and oxygen atoms in total. The summed E-state index contributed by atoms with van der Waals surface area (Å²) in [5.74, 6) is 1.70. The van der Waals surface area contributed by atoms with Crippen LogP contribution in [0.1, 0.15) is 26.3 Å². The van der Waals surface area contributed by atoms with Crippen molar-refractivity contribution in [3.05, 3.63) is 48.2 Å². The summed E-state index contributed by atoms with van der Waals surface area (Å²) in [7, 11) is 0. The fourth-order valence-electron chi connectivity index (χ4n) is 2.15. The van der Waals surface area contributed by atoms with Crippen LogP contribution in [0.4, 0.5) is 11.5 Å². The first-order valence-corrected chi connectivity index (χ1v) is 7.31. The standard InChI is InChI=1S/C17H23N3O/c1-4-20(12-14-7-9-15(18)10-8-14)17-16(21-13(2)3)6-5-11-19-17/h5-11,13H,4,12,18H2,1-3H3. The van der Waals surface area contributed by atoms with Crippen molar-refractivity contribution in [2.75, 3.05) is 17.2 Å². The molecule has 112 valence electrons. The number of pyridine rings is 1. The van der Waals surface area contributed by atoms with E-state index in [-0.39, 0.29) is 6.10 Å². The van der Waals surface area contributed by atoms with E-state index in [1.165, 1.54) is 5.56 Å². The summed E-state index contributed by atoms with van der Waals surface area (Å²) in [6.07, 6.45) is 1.93. The molecule has 4 heteroatoms. The maximum absolute atomic E-state index is 5.86. The van der Waals surface area contributed by atoms with Crippen LogP contribution in [0.25, 0.3) is 0 Å². The maximum Gasteiger partial charge on any atom is 0.171 e. The molecule has 21 heavy (non-hydrogen) atoms. The molecule has 0 saturated carbocycles. The van der Waals surface area contributed by atoms with Crippen LogP contribution in [0.15, 0.2) is 42.6 Å². The second-order valence-electron chi connectivity index (χ2n) is 5.25. The number of nitrogen functional groups attached to an aromatic ring is 1. The van der Waals surface area contributed by atoms with Gasteiger partial charge in [-0.2, -0.15) is 0 Å². The average molecular weight is 285 g/mol. The number of aromatic nitrogens is 1. The molecule has 0 atom stereocenters. The fraction of sp³-hybridized carbons (Fsp3) is 0.353. The molecular formula is C17H23N3O. The summed E-state index contributed by atoms with van der Waals surface area (Å²) in [5, 5.41) is 0. The Hall–Kier alpha value is -2.23. The molecule has 2 aromatic rings. The molecular weight excluding hydrogens is 262 g/mol. The van der Waals surface area contributed by atoms with Crippen molar-refractivity contribution < 1.29 is 4.74 Å². The Balaban J connectivity index is 2.22. The van der Waals surface area contributed by atoms with Crippen molar-refractivity contribution in [1.82, 2.24) is 4.98 Å². The van der Waals surface area contributed by atoms with Gasteiger partial charge in [-0.1, -0.05) is 12.1 Å². The summed E-state index contributed by atoms with van der Waals surface area (Å²) in [5.41, 5.74) is 7.72. The first kappa shape index (κ1) is 15.2. The third-order valence-corrected chi connectivity index (χ3v) is 3.15. The van der Waals surface area contributed by atoms with Gasteiger partial charge in [0.05, 0.1) is 6.10 Å². The third kappa shape index (κ3) is 4.12. The Kier molecular flexibility index (Phi) is 5.04. The summed E-state index contributed by atoms with van der Waals surface area (Å²) in [4.78, 5) is 6.69. The highest BCUT2D eigenvalue weighted by Gasteiger charge is 2.13. The summed E-state index contributed by atoms with van der Waals surface area (Å²) in [6.45, 7) is 7.79. The van der Waals surface area contributed by atoms with Gasteiger partial charge in [0, 0.05) is 25.0 Å². The Morgan fingerprint density at radius 1 is 1.19 bits per heavy atom. The minimum absolute atomic E-state index is 0.128. The van der Waals surface area contributed by atoms with Crippen LogP contribution < -0.4 is 15.4 Å². The van der Waals surface area contributed by atoms with Gasteiger partial charge >= 0.3 is 0 Å². The van der Waals surface area contributed by atoms with E-state index in [2.05, 4.69) is 16.8 Å². The topological polar surface area (TPSA) is 51.4 Å². The van der Waals surface area contributed by atoms with Crippen molar-refractivity contribution >= 4 is 11.5 Å². The van der Waals surface area contributed by atoms with Gasteiger partial charge in [0.15, 0.2) is 11.6 Å². The number of nitrogens with two attached hydrogens (primary N) is 1. The third-order valence-electron chi connectivity index (χ3n) is 3.15. The molecule has 0 amide bonds. The predicted molar refractivity (Wildman–Crippen MR) is 87.6 cm³/mol. The Morgan fingerprint density at radius 2 is 1.90 bits per heavy atom. The van der Waals surface area contributed by atoms with Crippen molar-refractivity contribution in [2.24, 2.45) is 0 Å². The van der Waals surface area contributed by atoms with Crippen LogP contribution in [0.3, 0.4) is 0 Å². The predicted octanol–water partition coefficient (Wildman–Crippen LogP) is 3.48. The van der Waals surface area contributed by atoms with Crippen LogP contribution in [-0.4, -0.2) is 17.6 Å². The average Bonchev–Trinajstić information content (AvgIpc) is 2.47. The second-order valence-corrected chi connectivity index (χ2v) is 5.25. The van der Waals surface area contributed by atoms with Gasteiger partial charge in [-0.25, -0.2) is 4.98 Å². The molecule has 1 heterocycles. The van der Waals surface area contributed by atoms with E-state index in [0.717, 1.165) is 30.3 Å². The number of hydrogen-bond acceptors (Lipinski definition) is 4. The van der Waals surface area contributed by atoms with Gasteiger partial charge in [0.25, 0.3) is 0 Å². The first-order valence-electron chi connectivity index (χ1n) is 7.31. The Morgan fingerprint density at radius 3 is 2.52 bits per heavy atom. The molecule has 0 aliphatic heterocycles. The van der Waals surface area contributed by atoms with E-state index in [4.69, 9.17) is 10.5 Å². The Bertz CT molecular complexity index is 567. The molecule has 2 N–H and O–H groups in total. The molecule has 1 aromatic carbocycles. The minimum atomic E-state index is 0.128. The van der Waals surface area contributed by atoms with Crippen molar-refractivity contribution in [2.45, 2.75) is 33.4 Å². The molecule has 0 bridgehead atoms. The summed E-state index contributed by atoms with van der Waals surface area (Å²) >= 11 is 0. The molecule has 0 aliphatic rings. The van der Waals surface area contributed by atoms with Crippen LogP contribution in [0.5, 0.6) is 5.75 Å². The van der Waals surface area contributed by atoms with E-state index in [0.29, 0.717) is 0 Å². The smallest absolute Gasteiger partial charge is 0.171 e.